The van der Waals surface area contributed by atoms with E-state index in [2.05, 4.69) is 35.2 Å². The standard InChI is InChI=1S/C24H21NO2/c1-2-6-19(7-3-1)26-20-12-10-18(11-13-20)16-25-15-14-22-21-8-4-5-9-23(21)27-24(22)17-25/h1-13H,14-17H2. The molecule has 5 rings (SSSR count). The van der Waals surface area contributed by atoms with E-state index < -0.39 is 0 Å². The molecule has 0 unspecified atom stereocenters. The van der Waals surface area contributed by atoms with Crippen LogP contribution in [0.2, 0.25) is 0 Å². The summed E-state index contributed by atoms with van der Waals surface area (Å²) in [6.45, 7) is 2.84. The molecule has 1 aromatic heterocycles. The van der Waals surface area contributed by atoms with Crippen LogP contribution in [0.1, 0.15) is 16.9 Å². The molecule has 0 atom stereocenters. The third kappa shape index (κ3) is 3.34. The van der Waals surface area contributed by atoms with E-state index in [-0.39, 0.29) is 0 Å². The SMILES string of the molecule is c1ccc(Oc2ccc(CN3CCc4c(oc5ccccc45)C3)cc2)cc1. The zero-order valence-electron chi connectivity index (χ0n) is 15.1. The number of nitrogens with zero attached hydrogens (tertiary/aromatic N) is 1. The minimum Gasteiger partial charge on any atom is -0.459 e. The Kier molecular flexibility index (Phi) is 4.15. The molecule has 0 saturated carbocycles. The quantitative estimate of drug-likeness (QED) is 0.464. The first-order valence-corrected chi connectivity index (χ1v) is 9.39. The number of furan rings is 1. The maximum atomic E-state index is 6.08. The van der Waals surface area contributed by atoms with Crippen LogP contribution >= 0.6 is 0 Å². The summed E-state index contributed by atoms with van der Waals surface area (Å²) >= 11 is 0. The highest BCUT2D eigenvalue weighted by Crippen LogP contribution is 2.31. The number of para-hydroxylation sites is 2. The second-order valence-electron chi connectivity index (χ2n) is 7.02. The largest absolute Gasteiger partial charge is 0.459 e. The molecule has 0 saturated heterocycles. The minimum absolute atomic E-state index is 0.860. The highest BCUT2D eigenvalue weighted by molar-refractivity contribution is 5.82. The highest BCUT2D eigenvalue weighted by atomic mass is 16.5. The average Bonchev–Trinajstić information content (AvgIpc) is 3.08. The van der Waals surface area contributed by atoms with Crippen LogP contribution in [0, 0.1) is 0 Å². The van der Waals surface area contributed by atoms with Crippen LogP contribution in [0.4, 0.5) is 0 Å². The molecule has 0 aliphatic carbocycles. The predicted molar refractivity (Wildman–Crippen MR) is 107 cm³/mol. The van der Waals surface area contributed by atoms with Crippen LogP contribution in [0.15, 0.2) is 83.3 Å². The van der Waals surface area contributed by atoms with Gasteiger partial charge in [0.1, 0.15) is 22.8 Å². The van der Waals surface area contributed by atoms with Gasteiger partial charge >= 0.3 is 0 Å². The van der Waals surface area contributed by atoms with Gasteiger partial charge in [0, 0.05) is 24.0 Å². The topological polar surface area (TPSA) is 25.6 Å². The molecule has 0 fully saturated rings. The van der Waals surface area contributed by atoms with Crippen molar-refractivity contribution in [3.05, 3.63) is 95.7 Å². The van der Waals surface area contributed by atoms with Gasteiger partial charge in [0.2, 0.25) is 0 Å². The molecule has 0 amide bonds. The summed E-state index contributed by atoms with van der Waals surface area (Å²) in [4.78, 5) is 2.44. The number of benzene rings is 3. The molecule has 0 spiro atoms. The maximum absolute atomic E-state index is 6.08. The predicted octanol–water partition coefficient (Wildman–Crippen LogP) is 5.78. The van der Waals surface area contributed by atoms with Crippen LogP contribution in [0.25, 0.3) is 11.0 Å². The third-order valence-electron chi connectivity index (χ3n) is 5.14. The summed E-state index contributed by atoms with van der Waals surface area (Å²) < 4.78 is 12.0. The van der Waals surface area contributed by atoms with Crippen LogP contribution in [-0.4, -0.2) is 11.4 Å². The summed E-state index contributed by atoms with van der Waals surface area (Å²) in [6, 6.07) is 26.6. The van der Waals surface area contributed by atoms with Gasteiger partial charge in [-0.2, -0.15) is 0 Å². The number of hydrogen-bond acceptors (Lipinski definition) is 3. The Balaban J connectivity index is 1.27. The molecule has 0 bridgehead atoms. The first-order valence-electron chi connectivity index (χ1n) is 9.39. The molecule has 1 aliphatic rings. The summed E-state index contributed by atoms with van der Waals surface area (Å²) in [5.74, 6) is 2.84. The molecule has 0 radical (unpaired) electrons. The van der Waals surface area contributed by atoms with Gasteiger partial charge in [-0.3, -0.25) is 4.90 Å². The van der Waals surface area contributed by atoms with Gasteiger partial charge in [-0.15, -0.1) is 0 Å². The van der Waals surface area contributed by atoms with E-state index in [0.29, 0.717) is 0 Å². The van der Waals surface area contributed by atoms with Gasteiger partial charge in [0.25, 0.3) is 0 Å². The number of fused-ring (bicyclic) bond motifs is 3. The zero-order chi connectivity index (χ0) is 18.1. The van der Waals surface area contributed by atoms with Crippen LogP contribution in [0.5, 0.6) is 11.5 Å². The Bertz CT molecular complexity index is 1050. The second-order valence-corrected chi connectivity index (χ2v) is 7.02. The first-order chi connectivity index (χ1) is 13.3. The van der Waals surface area contributed by atoms with Crippen molar-refractivity contribution in [2.75, 3.05) is 6.54 Å². The van der Waals surface area contributed by atoms with Crippen molar-refractivity contribution in [1.82, 2.24) is 4.90 Å². The summed E-state index contributed by atoms with van der Waals surface area (Å²) in [5, 5.41) is 1.27. The van der Waals surface area contributed by atoms with Crippen molar-refractivity contribution in [2.24, 2.45) is 0 Å². The molecule has 2 heterocycles. The molecule has 3 nitrogen and oxygen atoms in total. The molecule has 1 aliphatic heterocycles. The molecule has 134 valence electrons. The second kappa shape index (κ2) is 6.93. The fourth-order valence-corrected chi connectivity index (χ4v) is 3.78. The van der Waals surface area contributed by atoms with Crippen molar-refractivity contribution in [3.63, 3.8) is 0 Å². The van der Waals surface area contributed by atoms with Gasteiger partial charge in [0.15, 0.2) is 0 Å². The number of ether oxygens (including phenoxy) is 1. The van der Waals surface area contributed by atoms with E-state index in [9.17, 15) is 0 Å². The van der Waals surface area contributed by atoms with Crippen LogP contribution < -0.4 is 4.74 Å². The molecule has 4 aromatic rings. The Morgan fingerprint density at radius 1 is 0.815 bits per heavy atom. The molecular formula is C24H21NO2. The Morgan fingerprint density at radius 2 is 1.56 bits per heavy atom. The van der Waals surface area contributed by atoms with Gasteiger partial charge in [-0.1, -0.05) is 48.5 Å². The first kappa shape index (κ1) is 16.2. The highest BCUT2D eigenvalue weighted by Gasteiger charge is 2.22. The lowest BCUT2D eigenvalue weighted by molar-refractivity contribution is 0.223. The third-order valence-corrected chi connectivity index (χ3v) is 5.14. The van der Waals surface area contributed by atoms with Crippen molar-refractivity contribution < 1.29 is 9.15 Å². The fourth-order valence-electron chi connectivity index (χ4n) is 3.78. The van der Waals surface area contributed by atoms with E-state index in [0.717, 1.165) is 48.9 Å². The normalized spacial score (nSPS) is 14.2. The maximum Gasteiger partial charge on any atom is 0.134 e. The molecular weight excluding hydrogens is 334 g/mol. The van der Waals surface area contributed by atoms with Gasteiger partial charge in [-0.05, 0) is 42.3 Å². The smallest absolute Gasteiger partial charge is 0.134 e. The van der Waals surface area contributed by atoms with E-state index in [1.165, 1.54) is 16.5 Å². The monoisotopic (exact) mass is 355 g/mol. The zero-order valence-corrected chi connectivity index (χ0v) is 15.1. The Labute approximate surface area is 158 Å². The van der Waals surface area contributed by atoms with Crippen molar-refractivity contribution >= 4 is 11.0 Å². The Morgan fingerprint density at radius 3 is 2.41 bits per heavy atom. The minimum atomic E-state index is 0.860. The van der Waals surface area contributed by atoms with Gasteiger partial charge < -0.3 is 9.15 Å². The Hall–Kier alpha value is -3.04. The lowest BCUT2D eigenvalue weighted by Crippen LogP contribution is -2.29. The summed E-state index contributed by atoms with van der Waals surface area (Å²) in [5.41, 5.74) is 3.68. The van der Waals surface area contributed by atoms with E-state index in [1.807, 2.05) is 48.5 Å². The molecule has 0 N–H and O–H groups in total. The molecule has 3 aromatic carbocycles. The summed E-state index contributed by atoms with van der Waals surface area (Å²) in [7, 11) is 0. The van der Waals surface area contributed by atoms with Gasteiger partial charge in [-0.25, -0.2) is 0 Å². The van der Waals surface area contributed by atoms with Gasteiger partial charge in [0.05, 0.1) is 6.54 Å². The van der Waals surface area contributed by atoms with Crippen molar-refractivity contribution in [3.8, 4) is 11.5 Å². The summed E-state index contributed by atoms with van der Waals surface area (Å²) in [6.07, 6.45) is 1.04. The average molecular weight is 355 g/mol. The van der Waals surface area contributed by atoms with E-state index in [4.69, 9.17) is 9.15 Å². The van der Waals surface area contributed by atoms with Crippen molar-refractivity contribution in [1.29, 1.82) is 0 Å². The van der Waals surface area contributed by atoms with E-state index >= 15 is 0 Å². The molecule has 27 heavy (non-hydrogen) atoms. The van der Waals surface area contributed by atoms with E-state index in [1.54, 1.807) is 0 Å². The fraction of sp³-hybridized carbons (Fsp3) is 0.167. The lowest BCUT2D eigenvalue weighted by atomic mass is 10.0. The number of rotatable bonds is 4. The molecule has 3 heteroatoms. The van der Waals surface area contributed by atoms with Crippen LogP contribution in [-0.2, 0) is 19.5 Å². The number of hydrogen-bond donors (Lipinski definition) is 0. The van der Waals surface area contributed by atoms with Crippen molar-refractivity contribution in [2.45, 2.75) is 19.5 Å². The van der Waals surface area contributed by atoms with Crippen LogP contribution in [0.3, 0.4) is 0 Å². The lowest BCUT2D eigenvalue weighted by Gasteiger charge is -2.26.